The summed E-state index contributed by atoms with van der Waals surface area (Å²) in [5, 5.41) is 10.1. The molecule has 3 heterocycles. The minimum atomic E-state index is -0.331. The molecule has 0 atom stereocenters. The number of benzene rings is 2. The Hall–Kier alpha value is -3.62. The Balaban J connectivity index is 1.61. The third-order valence-electron chi connectivity index (χ3n) is 4.82. The van der Waals surface area contributed by atoms with Crippen LogP contribution in [0.15, 0.2) is 65.4 Å². The fraction of sp³-hybridized carbons (Fsp3) is 0.0909. The van der Waals surface area contributed by atoms with Gasteiger partial charge in [0, 0.05) is 29.3 Å². The molecular weight excluding hydrogens is 421 g/mol. The number of ether oxygens (including phenoxy) is 1. The van der Waals surface area contributed by atoms with Crippen LogP contribution in [0, 0.1) is 5.82 Å². The number of hydrogen-bond donors (Lipinski definition) is 0. The maximum absolute atomic E-state index is 13.2. The van der Waals surface area contributed by atoms with E-state index in [-0.39, 0.29) is 12.4 Å². The van der Waals surface area contributed by atoms with Gasteiger partial charge in [-0.05, 0) is 48.5 Å². The first-order chi connectivity index (χ1) is 15.1. The van der Waals surface area contributed by atoms with Gasteiger partial charge in [-0.2, -0.15) is 10.1 Å². The van der Waals surface area contributed by atoms with E-state index in [0.717, 1.165) is 22.3 Å². The van der Waals surface area contributed by atoms with Gasteiger partial charge in [0.15, 0.2) is 0 Å². The molecule has 31 heavy (non-hydrogen) atoms. The molecule has 5 rings (SSSR count). The fourth-order valence-corrected chi connectivity index (χ4v) is 3.54. The molecule has 0 amide bonds. The van der Waals surface area contributed by atoms with E-state index in [1.807, 2.05) is 18.2 Å². The molecule has 0 radical (unpaired) electrons. The summed E-state index contributed by atoms with van der Waals surface area (Å²) < 4.78 is 25.9. The maximum atomic E-state index is 13.2. The minimum Gasteiger partial charge on any atom is -0.378 e. The standard InChI is InChI=1S/C22H15ClFN5O2/c1-30-12-20-17(22-27-21(28-31-22)13-2-5-15(24)6-3-13)11-26-29(20)19-8-9-25-18-10-14(23)4-7-16(18)19/h2-11H,12H2,1H3. The summed E-state index contributed by atoms with van der Waals surface area (Å²) in [5.41, 5.74) is 3.59. The molecule has 3 aromatic heterocycles. The van der Waals surface area contributed by atoms with Gasteiger partial charge in [0.05, 0.1) is 35.3 Å². The van der Waals surface area contributed by atoms with Gasteiger partial charge in [0.25, 0.3) is 5.89 Å². The lowest BCUT2D eigenvalue weighted by molar-refractivity contribution is 0.179. The highest BCUT2D eigenvalue weighted by molar-refractivity contribution is 6.31. The van der Waals surface area contributed by atoms with Crippen molar-refractivity contribution in [1.29, 1.82) is 0 Å². The van der Waals surface area contributed by atoms with Crippen LogP contribution in [0.1, 0.15) is 5.69 Å². The highest BCUT2D eigenvalue weighted by atomic mass is 35.5. The third kappa shape index (κ3) is 3.56. The number of hydrogen-bond acceptors (Lipinski definition) is 6. The highest BCUT2D eigenvalue weighted by Crippen LogP contribution is 2.30. The van der Waals surface area contributed by atoms with Crippen molar-refractivity contribution in [2.45, 2.75) is 6.61 Å². The molecule has 7 nitrogen and oxygen atoms in total. The van der Waals surface area contributed by atoms with Gasteiger partial charge in [-0.1, -0.05) is 16.8 Å². The predicted octanol–water partition coefficient (Wildman–Crippen LogP) is 5.08. The van der Waals surface area contributed by atoms with E-state index in [0.29, 0.717) is 27.9 Å². The normalized spacial score (nSPS) is 11.3. The highest BCUT2D eigenvalue weighted by Gasteiger charge is 2.21. The summed E-state index contributed by atoms with van der Waals surface area (Å²) in [6, 6.07) is 13.3. The van der Waals surface area contributed by atoms with E-state index in [1.54, 1.807) is 42.4 Å². The minimum absolute atomic E-state index is 0.265. The van der Waals surface area contributed by atoms with E-state index in [4.69, 9.17) is 20.9 Å². The number of pyridine rings is 1. The topological polar surface area (TPSA) is 78.9 Å². The van der Waals surface area contributed by atoms with Crippen LogP contribution in [0.3, 0.4) is 0 Å². The van der Waals surface area contributed by atoms with Crippen LogP contribution in [-0.4, -0.2) is 32.0 Å². The van der Waals surface area contributed by atoms with Gasteiger partial charge in [0.1, 0.15) is 5.82 Å². The number of methoxy groups -OCH3 is 1. The predicted molar refractivity (Wildman–Crippen MR) is 113 cm³/mol. The van der Waals surface area contributed by atoms with Crippen molar-refractivity contribution in [3.8, 4) is 28.5 Å². The van der Waals surface area contributed by atoms with Crippen molar-refractivity contribution < 1.29 is 13.7 Å². The molecule has 0 N–H and O–H groups in total. The van der Waals surface area contributed by atoms with Gasteiger partial charge < -0.3 is 9.26 Å². The Labute approximate surface area is 181 Å². The molecule has 0 spiro atoms. The van der Waals surface area contributed by atoms with Gasteiger partial charge in [-0.15, -0.1) is 0 Å². The Morgan fingerprint density at radius 2 is 1.97 bits per heavy atom. The summed E-state index contributed by atoms with van der Waals surface area (Å²) in [6.45, 7) is 0.265. The molecule has 0 aliphatic heterocycles. The van der Waals surface area contributed by atoms with Crippen molar-refractivity contribution >= 4 is 22.5 Å². The first-order valence-corrected chi connectivity index (χ1v) is 9.72. The summed E-state index contributed by atoms with van der Waals surface area (Å²) in [7, 11) is 1.60. The van der Waals surface area contributed by atoms with Crippen LogP contribution in [0.5, 0.6) is 0 Å². The molecule has 0 aliphatic carbocycles. The van der Waals surface area contributed by atoms with Crippen LogP contribution in [-0.2, 0) is 11.3 Å². The lowest BCUT2D eigenvalue weighted by Crippen LogP contribution is -2.05. The van der Waals surface area contributed by atoms with E-state index in [2.05, 4.69) is 20.2 Å². The van der Waals surface area contributed by atoms with Gasteiger partial charge in [-0.3, -0.25) is 4.98 Å². The van der Waals surface area contributed by atoms with Crippen molar-refractivity contribution in [2.24, 2.45) is 0 Å². The van der Waals surface area contributed by atoms with Crippen LogP contribution in [0.4, 0.5) is 4.39 Å². The molecule has 0 fully saturated rings. The van der Waals surface area contributed by atoms with Crippen LogP contribution in [0.25, 0.3) is 39.4 Å². The van der Waals surface area contributed by atoms with E-state index in [1.165, 1.54) is 12.1 Å². The quantitative estimate of drug-likeness (QED) is 0.383. The van der Waals surface area contributed by atoms with Crippen LogP contribution in [0.2, 0.25) is 5.02 Å². The smallest absolute Gasteiger partial charge is 0.261 e. The summed E-state index contributed by atoms with van der Waals surface area (Å²) in [4.78, 5) is 8.85. The summed E-state index contributed by atoms with van der Waals surface area (Å²) in [5.74, 6) is 0.316. The monoisotopic (exact) mass is 435 g/mol. The summed E-state index contributed by atoms with van der Waals surface area (Å²) in [6.07, 6.45) is 3.35. The van der Waals surface area contributed by atoms with Crippen molar-refractivity contribution in [3.63, 3.8) is 0 Å². The molecule has 5 aromatic rings. The van der Waals surface area contributed by atoms with E-state index in [9.17, 15) is 4.39 Å². The van der Waals surface area contributed by atoms with Crippen molar-refractivity contribution in [1.82, 2.24) is 24.9 Å². The molecule has 0 bridgehead atoms. The second-order valence-electron chi connectivity index (χ2n) is 6.77. The Kier molecular flexibility index (Phi) is 4.93. The van der Waals surface area contributed by atoms with Gasteiger partial charge in [0.2, 0.25) is 5.82 Å². The maximum Gasteiger partial charge on any atom is 0.261 e. The Morgan fingerprint density at radius 1 is 1.13 bits per heavy atom. The second kappa shape index (κ2) is 7.90. The number of nitrogens with zero attached hydrogens (tertiary/aromatic N) is 5. The molecule has 9 heteroatoms. The van der Waals surface area contributed by atoms with E-state index < -0.39 is 0 Å². The molecule has 0 saturated carbocycles. The SMILES string of the molecule is COCc1c(-c2nc(-c3ccc(F)cc3)no2)cnn1-c1ccnc2cc(Cl)ccc12. The van der Waals surface area contributed by atoms with E-state index >= 15 is 0 Å². The average molecular weight is 436 g/mol. The Morgan fingerprint density at radius 3 is 2.77 bits per heavy atom. The number of fused-ring (bicyclic) bond motifs is 1. The average Bonchev–Trinajstić information content (AvgIpc) is 3.41. The number of halogens is 2. The van der Waals surface area contributed by atoms with Gasteiger partial charge >= 0.3 is 0 Å². The fourth-order valence-electron chi connectivity index (χ4n) is 3.38. The van der Waals surface area contributed by atoms with Gasteiger partial charge in [-0.25, -0.2) is 9.07 Å². The molecular formula is C22H15ClFN5O2. The molecule has 2 aromatic carbocycles. The zero-order chi connectivity index (χ0) is 21.4. The third-order valence-corrected chi connectivity index (χ3v) is 5.05. The lowest BCUT2D eigenvalue weighted by atomic mass is 10.1. The number of aromatic nitrogens is 5. The first kappa shape index (κ1) is 19.3. The molecule has 0 saturated heterocycles. The summed E-state index contributed by atoms with van der Waals surface area (Å²) >= 11 is 6.11. The second-order valence-corrected chi connectivity index (χ2v) is 7.21. The zero-order valence-corrected chi connectivity index (χ0v) is 17.0. The number of rotatable bonds is 5. The molecule has 0 aliphatic rings. The Bertz CT molecular complexity index is 1380. The molecule has 0 unspecified atom stereocenters. The lowest BCUT2D eigenvalue weighted by Gasteiger charge is -2.10. The largest absolute Gasteiger partial charge is 0.378 e. The first-order valence-electron chi connectivity index (χ1n) is 9.34. The van der Waals surface area contributed by atoms with Crippen molar-refractivity contribution in [2.75, 3.05) is 7.11 Å². The van der Waals surface area contributed by atoms with Crippen LogP contribution < -0.4 is 0 Å². The van der Waals surface area contributed by atoms with Crippen molar-refractivity contribution in [3.05, 3.63) is 77.5 Å². The van der Waals surface area contributed by atoms with Crippen LogP contribution >= 0.6 is 11.6 Å². The zero-order valence-electron chi connectivity index (χ0n) is 16.3. The molecule has 154 valence electrons.